The third-order valence-electron chi connectivity index (χ3n) is 8.99. The first-order valence-electron chi connectivity index (χ1n) is 15.8. The summed E-state index contributed by atoms with van der Waals surface area (Å²) in [7, 11) is 0. The van der Waals surface area contributed by atoms with Crippen molar-refractivity contribution in [1.29, 1.82) is 21.0 Å². The molecule has 7 aromatic rings. The van der Waals surface area contributed by atoms with Crippen LogP contribution in [0.25, 0.3) is 52.2 Å². The van der Waals surface area contributed by atoms with Crippen LogP contribution in [0.1, 0.15) is 22.3 Å². The molecule has 0 bridgehead atoms. The zero-order valence-corrected chi connectivity index (χ0v) is 30.0. The van der Waals surface area contributed by atoms with E-state index in [2.05, 4.69) is 0 Å². The van der Waals surface area contributed by atoms with Gasteiger partial charge in [-0.05, 0) is 24.3 Å². The molecule has 0 aliphatic heterocycles. The van der Waals surface area contributed by atoms with E-state index in [0.29, 0.717) is 24.3 Å². The van der Waals surface area contributed by atoms with Crippen LogP contribution in [0.4, 0.5) is 61.5 Å². The second kappa shape index (κ2) is 14.8. The highest BCUT2D eigenvalue weighted by Crippen LogP contribution is 2.42. The van der Waals surface area contributed by atoms with E-state index in [1.54, 1.807) is 12.1 Å². The summed E-state index contributed by atoms with van der Waals surface area (Å²) in [6, 6.07) is 8.49. The number of nitriles is 4. The quantitative estimate of drug-likeness (QED) is 0.1000. The lowest BCUT2D eigenvalue weighted by Gasteiger charge is -2.08. The molecular weight excluding hydrogens is 867 g/mol. The van der Waals surface area contributed by atoms with Gasteiger partial charge in [0.05, 0.1) is 33.4 Å². The molecule has 0 saturated carbocycles. The summed E-state index contributed by atoms with van der Waals surface area (Å²) in [6.45, 7) is 0. The van der Waals surface area contributed by atoms with Crippen LogP contribution in [0.2, 0.25) is 0 Å². The lowest BCUT2D eigenvalue weighted by Crippen LogP contribution is -2.17. The van der Waals surface area contributed by atoms with Crippen LogP contribution in [0.3, 0.4) is 0 Å². The molecule has 5 aromatic carbocycles. The highest BCUT2D eigenvalue weighted by Gasteiger charge is 2.32. The van der Waals surface area contributed by atoms with Gasteiger partial charge in [0.1, 0.15) is 47.5 Å². The summed E-state index contributed by atoms with van der Waals surface area (Å²) in [5, 5.41) is 37.3. The Hall–Kier alpha value is -7.26. The number of rotatable bonds is 4. The van der Waals surface area contributed by atoms with E-state index in [-0.39, 0.29) is 34.8 Å². The predicted octanol–water partition coefficient (Wildman–Crippen LogP) is 10.6. The van der Waals surface area contributed by atoms with Crippen molar-refractivity contribution in [2.45, 2.75) is 0 Å². The van der Waals surface area contributed by atoms with Crippen molar-refractivity contribution in [3.63, 3.8) is 0 Å². The fourth-order valence-corrected chi connectivity index (χ4v) is 8.83. The molecule has 0 N–H and O–H groups in total. The predicted molar refractivity (Wildman–Crippen MR) is 185 cm³/mol. The van der Waals surface area contributed by atoms with Crippen LogP contribution < -0.4 is 10.4 Å². The number of halogens is 14. The summed E-state index contributed by atoms with van der Waals surface area (Å²) in [5.74, 6) is -30.7. The minimum absolute atomic E-state index is 0.0593. The van der Waals surface area contributed by atoms with E-state index in [1.165, 1.54) is 12.1 Å². The molecule has 2 aromatic heterocycles. The number of hydrogen-bond acceptors (Lipinski definition) is 6. The van der Waals surface area contributed by atoms with Gasteiger partial charge >= 0.3 is 0 Å². The minimum Gasteiger partial charge on any atom is -0.206 e. The molecule has 7 rings (SSSR count). The standard InChI is InChI=1S/C40H6F14N4S2/c41-19-5-21(43)13(1-11(19)7-55)17(9-57)25-15-3-23(27-29(45)33(49)37(53)34(50)30(27)46)60-40(15)26(18(10-58)14-2-12(8-56)20(42)6-22(14)44)16-4-24(59-39(16)25)28-31(47)35(51)38(54)36(52)32(28)48/h1-6H/b25-17-,26-18-. The summed E-state index contributed by atoms with van der Waals surface area (Å²) in [4.78, 5) is -1.80. The molecule has 0 unspecified atom stereocenters. The average molecular weight is 873 g/mol. The molecule has 0 saturated heterocycles. The Morgan fingerprint density at radius 3 is 0.967 bits per heavy atom. The summed E-state index contributed by atoms with van der Waals surface area (Å²) in [5.41, 5.74) is -8.78. The molecular formula is C40H6F14N4S2. The first-order chi connectivity index (χ1) is 28.4. The molecule has 0 amide bonds. The van der Waals surface area contributed by atoms with E-state index in [9.17, 15) is 56.2 Å². The topological polar surface area (TPSA) is 95.2 Å². The molecule has 0 fully saturated rings. The molecule has 4 nitrogen and oxygen atoms in total. The van der Waals surface area contributed by atoms with Crippen molar-refractivity contribution in [2.24, 2.45) is 0 Å². The highest BCUT2D eigenvalue weighted by molar-refractivity contribution is 7.24. The zero-order chi connectivity index (χ0) is 43.8. The molecule has 20 heteroatoms. The van der Waals surface area contributed by atoms with Crippen molar-refractivity contribution >= 4 is 54.0 Å². The largest absolute Gasteiger partial charge is 0.206 e. The Morgan fingerprint density at radius 2 is 0.683 bits per heavy atom. The van der Waals surface area contributed by atoms with E-state index in [1.807, 2.05) is 0 Å². The SMILES string of the molecule is N#C/C(c1cc(C#N)c(F)cc1F)=c1\c2cc(-c3c(F)c(F)c(F)c(F)c3F)sc2/c(=C(/C#N)c2cc(C#N)c(F)cc2F)c2cc(-c3c(F)c(F)c(F)c(F)c3F)sc12. The Morgan fingerprint density at radius 1 is 0.383 bits per heavy atom. The van der Waals surface area contributed by atoms with E-state index >= 15 is 26.3 Å². The Kier molecular flexibility index (Phi) is 10.1. The molecule has 2 heterocycles. The maximum Gasteiger partial charge on any atom is 0.200 e. The molecule has 0 atom stereocenters. The smallest absolute Gasteiger partial charge is 0.200 e. The van der Waals surface area contributed by atoms with Gasteiger partial charge in [-0.1, -0.05) is 0 Å². The summed E-state index contributed by atoms with van der Waals surface area (Å²) < 4.78 is 207. The van der Waals surface area contributed by atoms with Gasteiger partial charge in [0.25, 0.3) is 0 Å². The van der Waals surface area contributed by atoms with E-state index < -0.39 is 166 Å². The third-order valence-corrected chi connectivity index (χ3v) is 11.3. The number of nitrogens with zero attached hydrogens (tertiary/aromatic N) is 4. The first-order valence-corrected chi connectivity index (χ1v) is 17.5. The summed E-state index contributed by atoms with van der Waals surface area (Å²) in [6.07, 6.45) is 0. The molecule has 0 radical (unpaired) electrons. The Balaban J connectivity index is 1.87. The first kappa shape index (κ1) is 40.9. The van der Waals surface area contributed by atoms with Gasteiger partial charge in [0.2, 0.25) is 11.6 Å². The number of benzene rings is 5. The zero-order valence-electron chi connectivity index (χ0n) is 28.4. The fraction of sp³-hybridized carbons (Fsp3) is 0. The second-order valence-electron chi connectivity index (χ2n) is 12.2. The summed E-state index contributed by atoms with van der Waals surface area (Å²) >= 11 is 0.119. The van der Waals surface area contributed by atoms with Crippen molar-refractivity contribution in [3.8, 4) is 45.2 Å². The van der Waals surface area contributed by atoms with Crippen LogP contribution in [0.5, 0.6) is 0 Å². The Labute approximate surface area is 331 Å². The van der Waals surface area contributed by atoms with Gasteiger partial charge in [-0.15, -0.1) is 22.7 Å². The maximum atomic E-state index is 15.6. The van der Waals surface area contributed by atoms with Gasteiger partial charge in [-0.25, -0.2) is 61.5 Å². The second-order valence-corrected chi connectivity index (χ2v) is 14.3. The number of hydrogen-bond donors (Lipinski definition) is 0. The van der Waals surface area contributed by atoms with Crippen molar-refractivity contribution in [1.82, 2.24) is 0 Å². The molecule has 0 spiro atoms. The van der Waals surface area contributed by atoms with Crippen LogP contribution in [-0.2, 0) is 0 Å². The Bertz CT molecular complexity index is 3090. The van der Waals surface area contributed by atoms with Crippen LogP contribution in [-0.4, -0.2) is 0 Å². The lowest BCUT2D eigenvalue weighted by molar-refractivity contribution is 0.381. The van der Waals surface area contributed by atoms with Gasteiger partial charge in [-0.2, -0.15) is 21.0 Å². The average Bonchev–Trinajstić information content (AvgIpc) is 3.85. The van der Waals surface area contributed by atoms with Crippen molar-refractivity contribution < 1.29 is 61.5 Å². The monoisotopic (exact) mass is 872 g/mol. The fourth-order valence-electron chi connectivity index (χ4n) is 6.31. The van der Waals surface area contributed by atoms with Gasteiger partial charge < -0.3 is 0 Å². The van der Waals surface area contributed by atoms with Gasteiger partial charge in [0, 0.05) is 63.6 Å². The van der Waals surface area contributed by atoms with Crippen LogP contribution in [0.15, 0.2) is 36.4 Å². The third kappa shape index (κ3) is 5.99. The number of fused-ring (bicyclic) bond motifs is 2. The van der Waals surface area contributed by atoms with Gasteiger partial charge in [-0.3, -0.25) is 0 Å². The minimum atomic E-state index is -2.59. The normalized spacial score (nSPS) is 12.3. The molecule has 0 aliphatic rings. The van der Waals surface area contributed by atoms with Crippen molar-refractivity contribution in [2.75, 3.05) is 0 Å². The molecule has 60 heavy (non-hydrogen) atoms. The highest BCUT2D eigenvalue weighted by atomic mass is 32.1. The molecule has 296 valence electrons. The van der Waals surface area contributed by atoms with E-state index in [0.717, 1.165) is 0 Å². The van der Waals surface area contributed by atoms with Gasteiger partial charge in [0.15, 0.2) is 46.5 Å². The van der Waals surface area contributed by atoms with E-state index in [4.69, 9.17) is 0 Å². The maximum absolute atomic E-state index is 15.6. The number of thiophene rings is 2. The van der Waals surface area contributed by atoms with Crippen LogP contribution in [0, 0.1) is 127 Å². The lowest BCUT2D eigenvalue weighted by atomic mass is 9.94. The van der Waals surface area contributed by atoms with Crippen LogP contribution >= 0.6 is 22.7 Å². The van der Waals surface area contributed by atoms with Crippen molar-refractivity contribution in [3.05, 3.63) is 151 Å². The molecule has 0 aliphatic carbocycles.